The molecule has 0 radical (unpaired) electrons. The average molecular weight is 386 g/mol. The number of alkyl halides is 3. The largest absolute Gasteiger partial charge is 0.493 e. The van der Waals surface area contributed by atoms with Crippen molar-refractivity contribution in [2.45, 2.75) is 51.7 Å². The van der Waals surface area contributed by atoms with Crippen LogP contribution in [0.3, 0.4) is 0 Å². The van der Waals surface area contributed by atoms with Gasteiger partial charge in [0.2, 0.25) is 5.91 Å². The highest BCUT2D eigenvalue weighted by molar-refractivity contribution is 5.82. The number of aryl methyl sites for hydroxylation is 2. The average Bonchev–Trinajstić information content (AvgIpc) is 2.60. The summed E-state index contributed by atoms with van der Waals surface area (Å²) >= 11 is 0. The maximum atomic E-state index is 12.4. The molecule has 150 valence electrons. The number of ether oxygens (including phenoxy) is 1. The van der Waals surface area contributed by atoms with Crippen molar-refractivity contribution >= 4 is 11.8 Å². The van der Waals surface area contributed by atoms with Crippen LogP contribution >= 0.6 is 0 Å². The van der Waals surface area contributed by atoms with E-state index in [0.29, 0.717) is 25.9 Å². The molecule has 1 aromatic carbocycles. The highest BCUT2D eigenvalue weighted by Crippen LogP contribution is 2.23. The van der Waals surface area contributed by atoms with Crippen LogP contribution in [0.4, 0.5) is 13.2 Å². The zero-order chi connectivity index (χ0) is 20.0. The standard InChI is InChI=1S/C19H25F3N2O3/c1-13-5-3-6-14(2)17(13)27-12-4-7-16(25)23-15-8-10-24(11-9-15)18(26)19(20,21)22/h3,5-6,15H,4,7-12H2,1-2H3,(H,23,25). The maximum Gasteiger partial charge on any atom is 0.471 e. The molecule has 5 nitrogen and oxygen atoms in total. The highest BCUT2D eigenvalue weighted by atomic mass is 19.4. The Morgan fingerprint density at radius 3 is 2.33 bits per heavy atom. The van der Waals surface area contributed by atoms with E-state index in [1.807, 2.05) is 32.0 Å². The quantitative estimate of drug-likeness (QED) is 0.765. The van der Waals surface area contributed by atoms with E-state index in [4.69, 9.17) is 4.74 Å². The summed E-state index contributed by atoms with van der Waals surface area (Å²) < 4.78 is 43.0. The second kappa shape index (κ2) is 9.10. The molecule has 0 aromatic heterocycles. The second-order valence-electron chi connectivity index (χ2n) is 6.80. The van der Waals surface area contributed by atoms with Gasteiger partial charge in [0.05, 0.1) is 6.61 Å². The number of hydrogen-bond acceptors (Lipinski definition) is 3. The number of nitrogens with zero attached hydrogens (tertiary/aromatic N) is 1. The lowest BCUT2D eigenvalue weighted by Gasteiger charge is -2.32. The van der Waals surface area contributed by atoms with Crippen LogP contribution in [-0.4, -0.2) is 48.6 Å². The van der Waals surface area contributed by atoms with Gasteiger partial charge in [-0.15, -0.1) is 0 Å². The number of halogens is 3. The first kappa shape index (κ1) is 21.1. The summed E-state index contributed by atoms with van der Waals surface area (Å²) in [6.07, 6.45) is -3.36. The third-order valence-electron chi connectivity index (χ3n) is 4.59. The van der Waals surface area contributed by atoms with E-state index in [1.165, 1.54) is 0 Å². The van der Waals surface area contributed by atoms with E-state index >= 15 is 0 Å². The Bertz CT molecular complexity index is 648. The fourth-order valence-electron chi connectivity index (χ4n) is 3.14. The van der Waals surface area contributed by atoms with Gasteiger partial charge in [-0.3, -0.25) is 9.59 Å². The molecule has 1 aliphatic rings. The molecule has 1 saturated heterocycles. The van der Waals surface area contributed by atoms with E-state index in [1.54, 1.807) is 0 Å². The van der Waals surface area contributed by atoms with Crippen LogP contribution in [0.15, 0.2) is 18.2 Å². The first-order chi connectivity index (χ1) is 12.7. The molecule has 0 saturated carbocycles. The Hall–Kier alpha value is -2.25. The fourth-order valence-corrected chi connectivity index (χ4v) is 3.14. The van der Waals surface area contributed by atoms with Crippen molar-refractivity contribution in [2.75, 3.05) is 19.7 Å². The van der Waals surface area contributed by atoms with Crippen LogP contribution in [-0.2, 0) is 9.59 Å². The van der Waals surface area contributed by atoms with Crippen molar-refractivity contribution in [1.29, 1.82) is 0 Å². The zero-order valence-electron chi connectivity index (χ0n) is 15.6. The molecule has 1 N–H and O–H groups in total. The Balaban J connectivity index is 1.66. The summed E-state index contributed by atoms with van der Waals surface area (Å²) in [5.41, 5.74) is 2.08. The molecule has 8 heteroatoms. The van der Waals surface area contributed by atoms with Crippen LogP contribution in [0.1, 0.15) is 36.8 Å². The Kier molecular flexibility index (Phi) is 7.10. The molecule has 1 aromatic rings. The molecule has 0 atom stereocenters. The topological polar surface area (TPSA) is 58.6 Å². The smallest absolute Gasteiger partial charge is 0.471 e. The molecule has 2 amide bonds. The molecule has 1 fully saturated rings. The first-order valence-electron chi connectivity index (χ1n) is 9.03. The van der Waals surface area contributed by atoms with E-state index in [2.05, 4.69) is 5.32 Å². The van der Waals surface area contributed by atoms with Crippen LogP contribution in [0, 0.1) is 13.8 Å². The number of nitrogens with one attached hydrogen (secondary N) is 1. The van der Waals surface area contributed by atoms with Crippen molar-refractivity contribution in [1.82, 2.24) is 10.2 Å². The SMILES string of the molecule is Cc1cccc(C)c1OCCCC(=O)NC1CCN(C(=O)C(F)(F)F)CC1. The molecular formula is C19H25F3N2O3. The van der Waals surface area contributed by atoms with Crippen molar-refractivity contribution in [2.24, 2.45) is 0 Å². The van der Waals surface area contributed by atoms with Gasteiger partial charge in [-0.05, 0) is 44.2 Å². The predicted octanol–water partition coefficient (Wildman–Crippen LogP) is 3.13. The molecule has 0 bridgehead atoms. The molecule has 2 rings (SSSR count). The lowest BCUT2D eigenvalue weighted by Crippen LogP contribution is -2.50. The number of hydrogen-bond donors (Lipinski definition) is 1. The van der Waals surface area contributed by atoms with E-state index in [9.17, 15) is 22.8 Å². The number of para-hydroxylation sites is 1. The van der Waals surface area contributed by atoms with Gasteiger partial charge < -0.3 is 15.0 Å². The molecule has 27 heavy (non-hydrogen) atoms. The van der Waals surface area contributed by atoms with Crippen LogP contribution < -0.4 is 10.1 Å². The summed E-state index contributed by atoms with van der Waals surface area (Å²) in [6.45, 7) is 4.34. The van der Waals surface area contributed by atoms with Crippen molar-refractivity contribution < 1.29 is 27.5 Å². The summed E-state index contributed by atoms with van der Waals surface area (Å²) in [7, 11) is 0. The van der Waals surface area contributed by atoms with E-state index in [0.717, 1.165) is 21.8 Å². The van der Waals surface area contributed by atoms with Gasteiger partial charge in [0, 0.05) is 25.6 Å². The van der Waals surface area contributed by atoms with Crippen LogP contribution in [0.5, 0.6) is 5.75 Å². The fraction of sp³-hybridized carbons (Fsp3) is 0.579. The number of carbonyl (C=O) groups excluding carboxylic acids is 2. The van der Waals surface area contributed by atoms with Gasteiger partial charge in [0.1, 0.15) is 5.75 Å². The summed E-state index contributed by atoms with van der Waals surface area (Å²) in [6, 6.07) is 5.68. The minimum Gasteiger partial charge on any atom is -0.493 e. The van der Waals surface area contributed by atoms with Gasteiger partial charge in [-0.1, -0.05) is 18.2 Å². The third kappa shape index (κ3) is 6.15. The number of carbonyl (C=O) groups is 2. The highest BCUT2D eigenvalue weighted by Gasteiger charge is 2.43. The van der Waals surface area contributed by atoms with Gasteiger partial charge in [0.15, 0.2) is 0 Å². The lowest BCUT2D eigenvalue weighted by atomic mass is 10.0. The van der Waals surface area contributed by atoms with Crippen LogP contribution in [0.25, 0.3) is 0 Å². The van der Waals surface area contributed by atoms with Gasteiger partial charge in [-0.25, -0.2) is 0 Å². The number of benzene rings is 1. The normalized spacial score (nSPS) is 15.5. The first-order valence-corrected chi connectivity index (χ1v) is 9.03. The number of likely N-dealkylation sites (tertiary alicyclic amines) is 1. The van der Waals surface area contributed by atoms with E-state index < -0.39 is 12.1 Å². The second-order valence-corrected chi connectivity index (χ2v) is 6.80. The number of piperidine rings is 1. The summed E-state index contributed by atoms with van der Waals surface area (Å²) in [5, 5.41) is 2.82. The minimum atomic E-state index is -4.84. The number of amides is 2. The number of rotatable bonds is 6. The molecular weight excluding hydrogens is 361 g/mol. The van der Waals surface area contributed by atoms with Gasteiger partial charge in [-0.2, -0.15) is 13.2 Å². The van der Waals surface area contributed by atoms with E-state index in [-0.39, 0.29) is 31.5 Å². The molecule has 1 aliphatic heterocycles. The third-order valence-corrected chi connectivity index (χ3v) is 4.59. The van der Waals surface area contributed by atoms with Crippen molar-refractivity contribution in [3.8, 4) is 5.75 Å². The lowest BCUT2D eigenvalue weighted by molar-refractivity contribution is -0.186. The molecule has 1 heterocycles. The molecule has 0 unspecified atom stereocenters. The maximum absolute atomic E-state index is 12.4. The summed E-state index contributed by atoms with van der Waals surface area (Å²) in [5.74, 6) is -1.13. The Labute approximate surface area is 156 Å². The molecule has 0 aliphatic carbocycles. The van der Waals surface area contributed by atoms with Crippen LogP contribution in [0.2, 0.25) is 0 Å². The van der Waals surface area contributed by atoms with Crippen molar-refractivity contribution in [3.05, 3.63) is 29.3 Å². The molecule has 0 spiro atoms. The van der Waals surface area contributed by atoms with Gasteiger partial charge in [0.25, 0.3) is 0 Å². The Morgan fingerprint density at radius 1 is 1.19 bits per heavy atom. The Morgan fingerprint density at radius 2 is 1.78 bits per heavy atom. The van der Waals surface area contributed by atoms with Crippen molar-refractivity contribution in [3.63, 3.8) is 0 Å². The minimum absolute atomic E-state index is 0.00103. The zero-order valence-corrected chi connectivity index (χ0v) is 15.6. The van der Waals surface area contributed by atoms with Gasteiger partial charge >= 0.3 is 12.1 Å². The summed E-state index contributed by atoms with van der Waals surface area (Å²) in [4.78, 5) is 24.0. The predicted molar refractivity (Wildman–Crippen MR) is 94.4 cm³/mol. The monoisotopic (exact) mass is 386 g/mol.